The lowest BCUT2D eigenvalue weighted by Gasteiger charge is -2.35. The van der Waals surface area contributed by atoms with Crippen molar-refractivity contribution in [2.45, 2.75) is 57.7 Å². The Kier molecular flexibility index (Phi) is 8.03. The number of carbonyl (C=O) groups excluding carboxylic acids is 1. The van der Waals surface area contributed by atoms with Crippen molar-refractivity contribution in [3.05, 3.63) is 71.8 Å². The SMILES string of the molecule is CCCCCCC#C[Si](C)(C)OC(C=O)(c1ccccc1)c1ccccc1. The van der Waals surface area contributed by atoms with Gasteiger partial charge in [0.25, 0.3) is 8.32 Å². The lowest BCUT2D eigenvalue weighted by atomic mass is 9.88. The van der Waals surface area contributed by atoms with E-state index in [2.05, 4.69) is 31.5 Å². The average Bonchev–Trinajstić information content (AvgIpc) is 2.70. The molecular weight excluding hydrogens is 348 g/mol. The first kappa shape index (κ1) is 21.2. The third kappa shape index (κ3) is 5.92. The maximum atomic E-state index is 12.4. The summed E-state index contributed by atoms with van der Waals surface area (Å²) in [6.07, 6.45) is 6.66. The molecule has 0 amide bonds. The van der Waals surface area contributed by atoms with Crippen LogP contribution in [0.25, 0.3) is 0 Å². The van der Waals surface area contributed by atoms with Crippen LogP contribution in [-0.4, -0.2) is 14.6 Å². The first-order valence-corrected chi connectivity index (χ1v) is 12.7. The zero-order valence-electron chi connectivity index (χ0n) is 16.7. The molecule has 0 saturated heterocycles. The van der Waals surface area contributed by atoms with Gasteiger partial charge in [-0.15, -0.1) is 5.92 Å². The summed E-state index contributed by atoms with van der Waals surface area (Å²) in [5.41, 5.74) is 3.94. The van der Waals surface area contributed by atoms with Crippen molar-refractivity contribution in [2.24, 2.45) is 0 Å². The van der Waals surface area contributed by atoms with Gasteiger partial charge in [0.1, 0.15) is 0 Å². The van der Waals surface area contributed by atoms with E-state index in [1.807, 2.05) is 60.7 Å². The second-order valence-electron chi connectivity index (χ2n) is 7.31. The highest BCUT2D eigenvalue weighted by Gasteiger charge is 2.40. The summed E-state index contributed by atoms with van der Waals surface area (Å²) >= 11 is 0. The summed E-state index contributed by atoms with van der Waals surface area (Å²) in [7, 11) is -2.39. The summed E-state index contributed by atoms with van der Waals surface area (Å²) in [4.78, 5) is 12.4. The second-order valence-corrected chi connectivity index (χ2v) is 10.8. The molecular formula is C24H30O2Si. The van der Waals surface area contributed by atoms with E-state index in [0.717, 1.165) is 30.3 Å². The Morgan fingerprint density at radius 3 is 1.96 bits per heavy atom. The fraction of sp³-hybridized carbons (Fsp3) is 0.375. The molecule has 0 saturated carbocycles. The van der Waals surface area contributed by atoms with Crippen LogP contribution in [0.2, 0.25) is 13.1 Å². The largest absolute Gasteiger partial charge is 0.386 e. The molecule has 0 aliphatic rings. The summed E-state index contributed by atoms with van der Waals surface area (Å²) in [6.45, 7) is 6.34. The molecule has 2 nitrogen and oxygen atoms in total. The number of benzene rings is 2. The van der Waals surface area contributed by atoms with Gasteiger partial charge in [0.15, 0.2) is 11.9 Å². The van der Waals surface area contributed by atoms with Crippen molar-refractivity contribution in [1.82, 2.24) is 0 Å². The van der Waals surface area contributed by atoms with Crippen molar-refractivity contribution < 1.29 is 9.22 Å². The fourth-order valence-corrected chi connectivity index (χ4v) is 4.85. The average molecular weight is 379 g/mol. The molecule has 2 aromatic carbocycles. The molecule has 0 unspecified atom stereocenters. The maximum absolute atomic E-state index is 12.4. The van der Waals surface area contributed by atoms with E-state index in [9.17, 15) is 4.79 Å². The Morgan fingerprint density at radius 1 is 0.926 bits per heavy atom. The predicted molar refractivity (Wildman–Crippen MR) is 115 cm³/mol. The van der Waals surface area contributed by atoms with Crippen LogP contribution in [0.15, 0.2) is 60.7 Å². The lowest BCUT2D eigenvalue weighted by Crippen LogP contribution is -2.44. The third-order valence-electron chi connectivity index (χ3n) is 4.53. The van der Waals surface area contributed by atoms with Gasteiger partial charge in [-0.3, -0.25) is 4.79 Å². The molecule has 0 spiro atoms. The molecule has 2 aromatic rings. The molecule has 3 heteroatoms. The Bertz CT molecular complexity index is 718. The minimum absolute atomic E-state index is 0.844. The molecule has 0 radical (unpaired) electrons. The third-order valence-corrected chi connectivity index (χ3v) is 6.14. The van der Waals surface area contributed by atoms with Gasteiger partial charge in [-0.1, -0.05) is 92.4 Å². The highest BCUT2D eigenvalue weighted by atomic mass is 28.4. The molecule has 0 fully saturated rings. The molecule has 0 atom stereocenters. The Labute approximate surface area is 165 Å². The zero-order valence-corrected chi connectivity index (χ0v) is 17.7. The molecule has 0 N–H and O–H groups in total. The molecule has 2 rings (SSSR count). The molecule has 0 aliphatic heterocycles. The number of hydrogen-bond acceptors (Lipinski definition) is 2. The van der Waals surface area contributed by atoms with E-state index >= 15 is 0 Å². The van der Waals surface area contributed by atoms with Gasteiger partial charge in [-0.25, -0.2) is 0 Å². The van der Waals surface area contributed by atoms with Crippen molar-refractivity contribution in [1.29, 1.82) is 0 Å². The normalized spacial score (nSPS) is 11.5. The molecule has 27 heavy (non-hydrogen) atoms. The highest BCUT2D eigenvalue weighted by Crippen LogP contribution is 2.34. The molecule has 142 valence electrons. The second kappa shape index (κ2) is 10.3. The van der Waals surface area contributed by atoms with Crippen LogP contribution >= 0.6 is 0 Å². The van der Waals surface area contributed by atoms with Crippen LogP contribution in [-0.2, 0) is 14.8 Å². The molecule has 0 aromatic heterocycles. The number of aldehydes is 1. The van der Waals surface area contributed by atoms with Gasteiger partial charge < -0.3 is 4.43 Å². The number of hydrogen-bond donors (Lipinski definition) is 0. The monoisotopic (exact) mass is 378 g/mol. The fourth-order valence-electron chi connectivity index (χ4n) is 3.16. The molecule has 0 heterocycles. The van der Waals surface area contributed by atoms with Gasteiger partial charge in [0.2, 0.25) is 0 Å². The number of rotatable bonds is 9. The first-order valence-electron chi connectivity index (χ1n) is 9.81. The maximum Gasteiger partial charge on any atom is 0.268 e. The van der Waals surface area contributed by atoms with E-state index in [-0.39, 0.29) is 0 Å². The zero-order chi connectivity index (χ0) is 19.6. The van der Waals surface area contributed by atoms with E-state index in [0.29, 0.717) is 0 Å². The Hall–Kier alpha value is -2.15. The van der Waals surface area contributed by atoms with Crippen molar-refractivity contribution in [2.75, 3.05) is 0 Å². The summed E-state index contributed by atoms with van der Waals surface area (Å²) in [5, 5.41) is 0. The summed E-state index contributed by atoms with van der Waals surface area (Å²) < 4.78 is 6.57. The van der Waals surface area contributed by atoms with Crippen LogP contribution in [0.1, 0.15) is 50.2 Å². The Morgan fingerprint density at radius 2 is 1.48 bits per heavy atom. The first-order chi connectivity index (χ1) is 13.0. The van der Waals surface area contributed by atoms with Gasteiger partial charge in [0.05, 0.1) is 0 Å². The van der Waals surface area contributed by atoms with Gasteiger partial charge in [0, 0.05) is 6.42 Å². The van der Waals surface area contributed by atoms with Crippen LogP contribution < -0.4 is 0 Å². The van der Waals surface area contributed by atoms with E-state index in [1.54, 1.807) is 0 Å². The smallest absolute Gasteiger partial charge is 0.268 e. The number of unbranched alkanes of at least 4 members (excludes halogenated alkanes) is 4. The van der Waals surface area contributed by atoms with Crippen LogP contribution in [0.3, 0.4) is 0 Å². The topological polar surface area (TPSA) is 26.3 Å². The van der Waals surface area contributed by atoms with E-state index in [4.69, 9.17) is 4.43 Å². The van der Waals surface area contributed by atoms with Gasteiger partial charge >= 0.3 is 0 Å². The van der Waals surface area contributed by atoms with Crippen molar-refractivity contribution in [3.63, 3.8) is 0 Å². The van der Waals surface area contributed by atoms with E-state index in [1.165, 1.54) is 19.3 Å². The van der Waals surface area contributed by atoms with Gasteiger partial charge in [-0.2, -0.15) is 0 Å². The van der Waals surface area contributed by atoms with Crippen molar-refractivity contribution >= 4 is 14.6 Å². The quantitative estimate of drug-likeness (QED) is 0.236. The summed E-state index contributed by atoms with van der Waals surface area (Å²) in [6, 6.07) is 19.4. The highest BCUT2D eigenvalue weighted by molar-refractivity contribution is 6.79. The summed E-state index contributed by atoms with van der Waals surface area (Å²) in [5.74, 6) is 3.30. The minimum atomic E-state index is -2.39. The van der Waals surface area contributed by atoms with Crippen LogP contribution in [0.5, 0.6) is 0 Å². The standard InChI is InChI=1S/C24H30O2Si/c1-4-5-6-7-8-15-20-27(2,3)26-24(21-25,22-16-11-9-12-17-22)23-18-13-10-14-19-23/h9-14,16-19,21H,4-8H2,1-3H3. The van der Waals surface area contributed by atoms with Crippen molar-refractivity contribution in [3.8, 4) is 11.5 Å². The Balaban J connectivity index is 2.30. The molecule has 0 aliphatic carbocycles. The van der Waals surface area contributed by atoms with E-state index < -0.39 is 13.9 Å². The predicted octanol–water partition coefficient (Wildman–Crippen LogP) is 5.86. The van der Waals surface area contributed by atoms with Gasteiger partial charge in [-0.05, 0) is 30.6 Å². The lowest BCUT2D eigenvalue weighted by molar-refractivity contribution is -0.119. The molecule has 0 bridgehead atoms. The van der Waals surface area contributed by atoms with Crippen LogP contribution in [0.4, 0.5) is 0 Å². The number of carbonyl (C=O) groups is 1. The van der Waals surface area contributed by atoms with Crippen LogP contribution in [0, 0.1) is 11.5 Å². The minimum Gasteiger partial charge on any atom is -0.386 e.